The van der Waals surface area contributed by atoms with Crippen LogP contribution < -0.4 is 16.3 Å². The number of nitrogens with two attached hydrogens (primary N) is 2. The van der Waals surface area contributed by atoms with Crippen molar-refractivity contribution in [2.45, 2.75) is 69.9 Å². The number of pyridine rings is 1. The molecule has 32 heavy (non-hydrogen) atoms. The van der Waals surface area contributed by atoms with Crippen LogP contribution in [0.3, 0.4) is 0 Å². The normalized spacial score (nSPS) is 17.9. The van der Waals surface area contributed by atoms with Crippen molar-refractivity contribution in [3.8, 4) is 11.8 Å². The van der Waals surface area contributed by atoms with E-state index in [9.17, 15) is 10.1 Å². The minimum Gasteiger partial charge on any atom is -0.487 e. The van der Waals surface area contributed by atoms with Crippen LogP contribution in [-0.2, 0) is 4.74 Å². The van der Waals surface area contributed by atoms with Gasteiger partial charge in [-0.2, -0.15) is 5.26 Å². The zero-order valence-electron chi connectivity index (χ0n) is 19.0. The lowest BCUT2D eigenvalue weighted by atomic mass is 9.98. The fourth-order valence-electron chi connectivity index (χ4n) is 4.32. The predicted molar refractivity (Wildman–Crippen MR) is 121 cm³/mol. The molecule has 9 heteroatoms. The van der Waals surface area contributed by atoms with Crippen LogP contribution in [0.25, 0.3) is 5.70 Å². The Hall–Kier alpha value is -2.99. The summed E-state index contributed by atoms with van der Waals surface area (Å²) in [4.78, 5) is 18.5. The topological polar surface area (TPSA) is 131 Å². The van der Waals surface area contributed by atoms with Gasteiger partial charge in [-0.25, -0.2) is 15.6 Å². The van der Waals surface area contributed by atoms with Gasteiger partial charge >= 0.3 is 6.09 Å². The first-order valence-electron chi connectivity index (χ1n) is 11.4. The van der Waals surface area contributed by atoms with Gasteiger partial charge in [0.05, 0.1) is 23.2 Å². The highest BCUT2D eigenvalue weighted by Crippen LogP contribution is 2.27. The van der Waals surface area contributed by atoms with E-state index in [4.69, 9.17) is 21.1 Å². The Morgan fingerprint density at radius 3 is 2.44 bits per heavy atom. The third-order valence-corrected chi connectivity index (χ3v) is 6.32. The predicted octanol–water partition coefficient (Wildman–Crippen LogP) is 3.11. The van der Waals surface area contributed by atoms with E-state index in [1.165, 1.54) is 11.4 Å². The molecule has 0 aliphatic heterocycles. The lowest BCUT2D eigenvalue weighted by Gasteiger charge is -2.25. The van der Waals surface area contributed by atoms with Gasteiger partial charge in [-0.15, -0.1) is 0 Å². The molecule has 2 aliphatic carbocycles. The molecule has 4 N–H and O–H groups in total. The van der Waals surface area contributed by atoms with Crippen LogP contribution in [0.5, 0.6) is 5.75 Å². The maximum Gasteiger partial charge on any atom is 0.410 e. The Morgan fingerprint density at radius 1 is 1.16 bits per heavy atom. The number of likely N-dealkylation sites (N-methyl/N-ethyl adjacent to an activating group) is 1. The molecule has 1 heterocycles. The smallest absolute Gasteiger partial charge is 0.410 e. The summed E-state index contributed by atoms with van der Waals surface area (Å²) in [6.07, 6.45) is 9.38. The summed E-state index contributed by atoms with van der Waals surface area (Å²) >= 11 is 0. The molecule has 1 aromatic rings. The Morgan fingerprint density at radius 2 is 1.81 bits per heavy atom. The molecule has 1 amide bonds. The summed E-state index contributed by atoms with van der Waals surface area (Å²) in [5, 5.41) is 10.9. The van der Waals surface area contributed by atoms with Gasteiger partial charge in [0.1, 0.15) is 12.7 Å². The summed E-state index contributed by atoms with van der Waals surface area (Å²) < 4.78 is 11.5. The molecule has 2 aliphatic rings. The molecule has 2 fully saturated rings. The highest BCUT2D eigenvalue weighted by atomic mass is 16.6. The minimum atomic E-state index is -0.411. The molecule has 0 bridgehead atoms. The van der Waals surface area contributed by atoms with Crippen molar-refractivity contribution >= 4 is 11.8 Å². The molecule has 1 aromatic heterocycles. The molecule has 2 saturated carbocycles. The summed E-state index contributed by atoms with van der Waals surface area (Å²) in [7, 11) is 3.37. The molecule has 3 rings (SSSR count). The zero-order chi connectivity index (χ0) is 23.1. The molecular weight excluding hydrogens is 408 g/mol. The summed E-state index contributed by atoms with van der Waals surface area (Å²) in [5.74, 6) is 6.42. The maximum atomic E-state index is 12.5. The molecule has 0 spiro atoms. The maximum absolute atomic E-state index is 12.5. The van der Waals surface area contributed by atoms with Gasteiger partial charge in [0.25, 0.3) is 0 Å². The zero-order valence-corrected chi connectivity index (χ0v) is 19.0. The van der Waals surface area contributed by atoms with E-state index in [0.717, 1.165) is 51.4 Å². The van der Waals surface area contributed by atoms with Gasteiger partial charge in [-0.05, 0) is 50.7 Å². The number of hydrogen-bond donors (Lipinski definition) is 2. The first-order chi connectivity index (χ1) is 15.4. The molecule has 174 valence electrons. The van der Waals surface area contributed by atoms with Crippen molar-refractivity contribution in [1.82, 2.24) is 14.9 Å². The van der Waals surface area contributed by atoms with E-state index >= 15 is 0 Å². The van der Waals surface area contributed by atoms with Crippen LogP contribution in [0.4, 0.5) is 4.79 Å². The number of aromatic nitrogens is 1. The van der Waals surface area contributed by atoms with Crippen molar-refractivity contribution in [2.24, 2.45) is 11.6 Å². The Labute approximate surface area is 189 Å². The molecule has 0 unspecified atom stereocenters. The Kier molecular flexibility index (Phi) is 8.17. The second-order valence-electron chi connectivity index (χ2n) is 8.61. The fourth-order valence-corrected chi connectivity index (χ4v) is 4.32. The van der Waals surface area contributed by atoms with Crippen LogP contribution >= 0.6 is 0 Å². The van der Waals surface area contributed by atoms with Crippen LogP contribution in [0.1, 0.15) is 69.2 Å². The number of rotatable bonds is 7. The number of nitriles is 1. The van der Waals surface area contributed by atoms with Crippen LogP contribution in [0, 0.1) is 11.3 Å². The highest BCUT2D eigenvalue weighted by molar-refractivity contribution is 5.69. The first kappa shape index (κ1) is 23.7. The van der Waals surface area contributed by atoms with Crippen molar-refractivity contribution in [3.05, 3.63) is 29.2 Å². The SMILES string of the molecule is CN(N)/C(COC(=O)N(C)C1CCCC1)=C(\N)c1ccc(OC2CCCCC2)c(C#N)n1. The number of ether oxygens (including phenoxy) is 2. The number of hydrogen-bond acceptors (Lipinski definition) is 8. The monoisotopic (exact) mass is 442 g/mol. The number of carbonyl (C=O) groups is 1. The van der Waals surface area contributed by atoms with Gasteiger partial charge in [-0.3, -0.25) is 0 Å². The second-order valence-corrected chi connectivity index (χ2v) is 8.61. The standard InChI is InChI=1S/C23H34N6O3/c1-28(16-8-6-7-9-16)23(30)31-15-20(29(2)26)22(25)18-12-13-21(19(14-24)27-18)32-17-10-4-3-5-11-17/h12-13,16-17H,3-11,15,25-26H2,1-2H3/b22-20-. The Balaban J connectivity index is 1.73. The number of hydrazine groups is 1. The van der Waals surface area contributed by atoms with Gasteiger partial charge in [0, 0.05) is 20.1 Å². The lowest BCUT2D eigenvalue weighted by Crippen LogP contribution is -2.37. The largest absolute Gasteiger partial charge is 0.487 e. The Bertz CT molecular complexity index is 867. The number of carbonyl (C=O) groups excluding carboxylic acids is 1. The third-order valence-electron chi connectivity index (χ3n) is 6.32. The van der Waals surface area contributed by atoms with Gasteiger partial charge in [0.2, 0.25) is 0 Å². The van der Waals surface area contributed by atoms with Crippen molar-refractivity contribution < 1.29 is 14.3 Å². The summed E-state index contributed by atoms with van der Waals surface area (Å²) in [5.41, 5.74) is 7.52. The lowest BCUT2D eigenvalue weighted by molar-refractivity contribution is 0.0999. The molecule has 0 radical (unpaired) electrons. The second kappa shape index (κ2) is 11.0. The fraction of sp³-hybridized carbons (Fsp3) is 0.609. The van der Waals surface area contributed by atoms with Crippen molar-refractivity contribution in [2.75, 3.05) is 20.7 Å². The van der Waals surface area contributed by atoms with E-state index in [-0.39, 0.29) is 30.1 Å². The minimum absolute atomic E-state index is 0.0986. The first-order valence-corrected chi connectivity index (χ1v) is 11.4. The van der Waals surface area contributed by atoms with E-state index in [2.05, 4.69) is 11.1 Å². The average molecular weight is 443 g/mol. The van der Waals surface area contributed by atoms with Gasteiger partial charge in [0.15, 0.2) is 11.4 Å². The van der Waals surface area contributed by atoms with Gasteiger partial charge in [-0.1, -0.05) is 19.3 Å². The summed E-state index contributed by atoms with van der Waals surface area (Å²) in [6.45, 7) is -0.0986. The van der Waals surface area contributed by atoms with E-state index in [1.807, 2.05) is 0 Å². The van der Waals surface area contributed by atoms with E-state index in [1.54, 1.807) is 31.1 Å². The molecule has 0 aromatic carbocycles. The van der Waals surface area contributed by atoms with E-state index in [0.29, 0.717) is 17.1 Å². The van der Waals surface area contributed by atoms with Crippen molar-refractivity contribution in [3.63, 3.8) is 0 Å². The van der Waals surface area contributed by atoms with Crippen LogP contribution in [0.2, 0.25) is 0 Å². The molecule has 0 atom stereocenters. The molecular formula is C23H34N6O3. The molecule has 0 saturated heterocycles. The molecule has 9 nitrogen and oxygen atoms in total. The van der Waals surface area contributed by atoms with Crippen LogP contribution in [0.15, 0.2) is 17.8 Å². The van der Waals surface area contributed by atoms with Crippen LogP contribution in [-0.4, -0.2) is 53.8 Å². The van der Waals surface area contributed by atoms with E-state index < -0.39 is 6.09 Å². The highest BCUT2D eigenvalue weighted by Gasteiger charge is 2.25. The quantitative estimate of drug-likeness (QED) is 0.486. The number of amides is 1. The summed E-state index contributed by atoms with van der Waals surface area (Å²) in [6, 6.07) is 5.72. The van der Waals surface area contributed by atoms with Crippen molar-refractivity contribution in [1.29, 1.82) is 5.26 Å². The van der Waals surface area contributed by atoms with Gasteiger partial charge < -0.3 is 25.1 Å². The number of nitrogens with zero attached hydrogens (tertiary/aromatic N) is 4. The average Bonchev–Trinajstić information content (AvgIpc) is 3.34. The third kappa shape index (κ3) is 5.82.